The SMILES string of the molecule is O=C(O)CCC1CC(O)c2ccc(OCNc3cccc(-n4c(=S)[nH][nH]c4=S)c3)cc21. The lowest BCUT2D eigenvalue weighted by atomic mass is 9.96. The molecule has 0 fully saturated rings. The van der Waals surface area contributed by atoms with Crippen LogP contribution >= 0.6 is 24.4 Å². The summed E-state index contributed by atoms with van der Waals surface area (Å²) in [5.74, 6) is -0.152. The predicted octanol–water partition coefficient (Wildman–Crippen LogP) is 4.43. The van der Waals surface area contributed by atoms with Crippen LogP contribution in [-0.2, 0) is 4.79 Å². The van der Waals surface area contributed by atoms with Gasteiger partial charge in [0.1, 0.15) is 5.75 Å². The molecule has 2 atom stereocenters. The number of aliphatic hydroxyl groups is 1. The monoisotopic (exact) mass is 458 g/mol. The normalized spacial score (nSPS) is 17.3. The highest BCUT2D eigenvalue weighted by Gasteiger charge is 2.30. The minimum atomic E-state index is -0.830. The van der Waals surface area contributed by atoms with Crippen LogP contribution < -0.4 is 10.1 Å². The van der Waals surface area contributed by atoms with Crippen LogP contribution in [0.15, 0.2) is 42.5 Å². The summed E-state index contributed by atoms with van der Waals surface area (Å²) in [7, 11) is 0. The number of nitrogens with one attached hydrogen (secondary N) is 3. The lowest BCUT2D eigenvalue weighted by Crippen LogP contribution is -2.09. The fourth-order valence-electron chi connectivity index (χ4n) is 3.90. The molecule has 1 heterocycles. The van der Waals surface area contributed by atoms with Gasteiger partial charge in [-0.25, -0.2) is 0 Å². The fraction of sp³-hybridized carbons (Fsp3) is 0.286. The van der Waals surface area contributed by atoms with E-state index in [9.17, 15) is 9.90 Å². The number of hydrogen-bond acceptors (Lipinski definition) is 6. The van der Waals surface area contributed by atoms with Gasteiger partial charge < -0.3 is 20.3 Å². The predicted molar refractivity (Wildman–Crippen MR) is 121 cm³/mol. The van der Waals surface area contributed by atoms with Gasteiger partial charge in [0.25, 0.3) is 0 Å². The first kappa shape index (κ1) is 21.3. The number of ether oxygens (including phenoxy) is 1. The van der Waals surface area contributed by atoms with Crippen LogP contribution in [0, 0.1) is 9.54 Å². The van der Waals surface area contributed by atoms with Crippen LogP contribution in [-0.4, -0.2) is 37.7 Å². The van der Waals surface area contributed by atoms with Crippen molar-refractivity contribution in [2.45, 2.75) is 31.3 Å². The molecule has 31 heavy (non-hydrogen) atoms. The van der Waals surface area contributed by atoms with Gasteiger partial charge >= 0.3 is 5.97 Å². The van der Waals surface area contributed by atoms with Crippen LogP contribution in [0.2, 0.25) is 0 Å². The van der Waals surface area contributed by atoms with Crippen molar-refractivity contribution in [2.75, 3.05) is 12.0 Å². The Hall–Kier alpha value is -2.95. The van der Waals surface area contributed by atoms with E-state index in [1.807, 2.05) is 42.5 Å². The van der Waals surface area contributed by atoms with Crippen LogP contribution in [0.4, 0.5) is 5.69 Å². The summed E-state index contributed by atoms with van der Waals surface area (Å²) >= 11 is 10.5. The molecule has 3 aromatic rings. The van der Waals surface area contributed by atoms with Gasteiger partial charge in [0.05, 0.1) is 11.8 Å². The summed E-state index contributed by atoms with van der Waals surface area (Å²) < 4.78 is 8.54. The van der Waals surface area contributed by atoms with Gasteiger partial charge in [-0.1, -0.05) is 12.1 Å². The molecule has 0 amide bonds. The first-order chi connectivity index (χ1) is 14.9. The van der Waals surface area contributed by atoms with E-state index in [1.165, 1.54) is 0 Å². The molecule has 0 saturated carbocycles. The van der Waals surface area contributed by atoms with Crippen molar-refractivity contribution in [3.63, 3.8) is 0 Å². The summed E-state index contributed by atoms with van der Waals surface area (Å²) in [5, 5.41) is 28.1. The van der Waals surface area contributed by atoms with Crippen molar-refractivity contribution < 1.29 is 19.7 Å². The highest BCUT2D eigenvalue weighted by Crippen LogP contribution is 2.44. The highest BCUT2D eigenvalue weighted by molar-refractivity contribution is 7.72. The number of hydrogen-bond donors (Lipinski definition) is 5. The highest BCUT2D eigenvalue weighted by atomic mass is 32.1. The zero-order valence-corrected chi connectivity index (χ0v) is 18.1. The minimum absolute atomic E-state index is 0.0182. The number of aromatic nitrogens is 3. The smallest absolute Gasteiger partial charge is 0.303 e. The Morgan fingerprint density at radius 3 is 2.68 bits per heavy atom. The Kier molecular flexibility index (Phi) is 6.21. The largest absolute Gasteiger partial charge is 0.481 e. The standard InChI is InChI=1S/C21H22N4O4S2/c26-18-8-12(4-7-19(27)28)17-10-15(5-6-16(17)18)29-11-22-13-2-1-3-14(9-13)25-20(30)23-24-21(25)31/h1-3,5-6,9-10,12,18,22,26H,4,7-8,11H2,(H,23,30)(H,24,31)(H,27,28). The average Bonchev–Trinajstić information content (AvgIpc) is 3.25. The molecule has 0 aliphatic heterocycles. The molecule has 0 radical (unpaired) electrons. The molecule has 162 valence electrons. The van der Waals surface area contributed by atoms with Gasteiger partial charge in [0, 0.05) is 12.1 Å². The zero-order valence-electron chi connectivity index (χ0n) is 16.5. The van der Waals surface area contributed by atoms with Gasteiger partial charge in [0.15, 0.2) is 16.3 Å². The molecular formula is C21H22N4O4S2. The van der Waals surface area contributed by atoms with E-state index in [0.717, 1.165) is 22.5 Å². The number of aromatic amines is 2. The van der Waals surface area contributed by atoms with Crippen molar-refractivity contribution in [3.8, 4) is 11.4 Å². The summed E-state index contributed by atoms with van der Waals surface area (Å²) in [6.07, 6.45) is 0.559. The second-order valence-corrected chi connectivity index (χ2v) is 8.16. The quantitative estimate of drug-likeness (QED) is 0.251. The van der Waals surface area contributed by atoms with Gasteiger partial charge in [-0.05, 0) is 84.7 Å². The number of rotatable bonds is 8. The maximum Gasteiger partial charge on any atom is 0.303 e. The topological polar surface area (TPSA) is 115 Å². The maximum atomic E-state index is 10.9. The average molecular weight is 459 g/mol. The van der Waals surface area contributed by atoms with Gasteiger partial charge in [-0.15, -0.1) is 0 Å². The summed E-state index contributed by atoms with van der Waals surface area (Å²) in [5.41, 5.74) is 3.48. The Balaban J connectivity index is 1.42. The summed E-state index contributed by atoms with van der Waals surface area (Å²) in [6.45, 7) is 0.232. The number of carbonyl (C=O) groups is 1. The number of anilines is 1. The molecular weight excluding hydrogens is 436 g/mol. The molecule has 4 rings (SSSR count). The number of H-pyrrole nitrogens is 2. The number of aliphatic carboxylic acids is 1. The second kappa shape index (κ2) is 9.04. The molecule has 0 spiro atoms. The Morgan fingerprint density at radius 2 is 1.94 bits per heavy atom. The first-order valence-corrected chi connectivity index (χ1v) is 10.6. The van der Waals surface area contributed by atoms with Crippen molar-refractivity contribution >= 4 is 36.1 Å². The molecule has 2 unspecified atom stereocenters. The van der Waals surface area contributed by atoms with Gasteiger partial charge in [-0.2, -0.15) is 0 Å². The van der Waals surface area contributed by atoms with E-state index in [0.29, 0.717) is 28.1 Å². The van der Waals surface area contributed by atoms with Crippen LogP contribution in [0.1, 0.15) is 42.4 Å². The first-order valence-electron chi connectivity index (χ1n) is 9.83. The Labute approximate surface area is 188 Å². The molecule has 2 aromatic carbocycles. The molecule has 1 aliphatic rings. The van der Waals surface area contributed by atoms with E-state index in [1.54, 1.807) is 4.57 Å². The van der Waals surface area contributed by atoms with Gasteiger partial charge in [-0.3, -0.25) is 19.6 Å². The lowest BCUT2D eigenvalue weighted by molar-refractivity contribution is -0.137. The molecule has 1 aliphatic carbocycles. The van der Waals surface area contributed by atoms with E-state index in [4.69, 9.17) is 34.3 Å². The minimum Gasteiger partial charge on any atom is -0.481 e. The third-order valence-electron chi connectivity index (χ3n) is 5.37. The van der Waals surface area contributed by atoms with Crippen molar-refractivity contribution in [3.05, 3.63) is 63.1 Å². The number of nitrogens with zero attached hydrogens (tertiary/aromatic N) is 1. The van der Waals surface area contributed by atoms with E-state index >= 15 is 0 Å². The summed E-state index contributed by atoms with van der Waals surface area (Å²) in [6, 6.07) is 13.2. The third-order valence-corrected chi connectivity index (χ3v) is 5.94. The molecule has 10 heteroatoms. The fourth-order valence-corrected chi connectivity index (χ4v) is 4.45. The lowest BCUT2D eigenvalue weighted by Gasteiger charge is -2.13. The third kappa shape index (κ3) is 4.71. The Bertz CT molecular complexity index is 1190. The molecule has 1 aromatic heterocycles. The number of carboxylic acids is 1. The summed E-state index contributed by atoms with van der Waals surface area (Å²) in [4.78, 5) is 10.9. The maximum absolute atomic E-state index is 10.9. The molecule has 5 N–H and O–H groups in total. The molecule has 0 bridgehead atoms. The number of aliphatic hydroxyl groups excluding tert-OH is 1. The van der Waals surface area contributed by atoms with Crippen molar-refractivity contribution in [2.24, 2.45) is 0 Å². The van der Waals surface area contributed by atoms with Crippen molar-refractivity contribution in [1.82, 2.24) is 14.8 Å². The van der Waals surface area contributed by atoms with E-state index in [2.05, 4.69) is 15.5 Å². The van der Waals surface area contributed by atoms with E-state index in [-0.39, 0.29) is 19.1 Å². The van der Waals surface area contributed by atoms with Gasteiger partial charge in [0.2, 0.25) is 0 Å². The Morgan fingerprint density at radius 1 is 1.16 bits per heavy atom. The van der Waals surface area contributed by atoms with Crippen LogP contribution in [0.3, 0.4) is 0 Å². The van der Waals surface area contributed by atoms with Crippen LogP contribution in [0.5, 0.6) is 5.75 Å². The molecule has 8 nitrogen and oxygen atoms in total. The number of fused-ring (bicyclic) bond motifs is 1. The number of carboxylic acid groups (broad SMARTS) is 1. The zero-order chi connectivity index (χ0) is 22.0. The molecule has 0 saturated heterocycles. The number of benzene rings is 2. The van der Waals surface area contributed by atoms with Crippen LogP contribution in [0.25, 0.3) is 5.69 Å². The van der Waals surface area contributed by atoms with E-state index < -0.39 is 12.1 Å². The second-order valence-electron chi connectivity index (χ2n) is 7.38. The van der Waals surface area contributed by atoms with Crippen molar-refractivity contribution in [1.29, 1.82) is 0 Å².